The van der Waals surface area contributed by atoms with Crippen molar-refractivity contribution in [2.45, 2.75) is 26.2 Å². The summed E-state index contributed by atoms with van der Waals surface area (Å²) >= 11 is 0. The first-order chi connectivity index (χ1) is 7.18. The Hall–Kier alpha value is -1.15. The van der Waals surface area contributed by atoms with Crippen molar-refractivity contribution in [1.82, 2.24) is 0 Å². The quantitative estimate of drug-likeness (QED) is 0.739. The maximum Gasteiger partial charge on any atom is 0.0671 e. The van der Waals surface area contributed by atoms with E-state index in [2.05, 4.69) is 37.0 Å². The number of aliphatic imine (C=N–C) groups is 1. The molecule has 2 heteroatoms. The number of hydrogen-bond donors (Lipinski definition) is 0. The van der Waals surface area contributed by atoms with Gasteiger partial charge in [-0.05, 0) is 32.4 Å². The Bertz CT molecular complexity index is 397. The first kappa shape index (κ1) is 10.4. The Morgan fingerprint density at radius 2 is 2.07 bits per heavy atom. The zero-order valence-electron chi connectivity index (χ0n) is 9.58. The lowest BCUT2D eigenvalue weighted by atomic mass is 9.81. The third-order valence-electron chi connectivity index (χ3n) is 3.18. The SMILES string of the molecule is CCOCC1(C)C(C)=Nc2ccccc21. The standard InChI is InChI=1S/C13H17NO/c1-4-15-9-13(3)10(2)14-12-8-6-5-7-11(12)13/h5-8H,4,9H2,1-3H3. The average Bonchev–Trinajstić information content (AvgIpc) is 2.50. The summed E-state index contributed by atoms with van der Waals surface area (Å²) in [5, 5.41) is 0. The molecular weight excluding hydrogens is 186 g/mol. The lowest BCUT2D eigenvalue weighted by Crippen LogP contribution is -2.33. The van der Waals surface area contributed by atoms with Gasteiger partial charge in [0.05, 0.1) is 17.7 Å². The van der Waals surface area contributed by atoms with Crippen LogP contribution in [-0.2, 0) is 10.2 Å². The van der Waals surface area contributed by atoms with E-state index in [9.17, 15) is 0 Å². The van der Waals surface area contributed by atoms with Gasteiger partial charge in [-0.1, -0.05) is 18.2 Å². The van der Waals surface area contributed by atoms with Gasteiger partial charge in [-0.25, -0.2) is 0 Å². The molecule has 0 radical (unpaired) electrons. The Labute approximate surface area is 91.0 Å². The maximum absolute atomic E-state index is 5.57. The number of fused-ring (bicyclic) bond motifs is 1. The van der Waals surface area contributed by atoms with Crippen LogP contribution in [0.15, 0.2) is 29.3 Å². The number of nitrogens with zero attached hydrogens (tertiary/aromatic N) is 1. The molecule has 1 aromatic carbocycles. The van der Waals surface area contributed by atoms with E-state index in [4.69, 9.17) is 4.74 Å². The van der Waals surface area contributed by atoms with E-state index in [0.717, 1.165) is 24.6 Å². The summed E-state index contributed by atoms with van der Waals surface area (Å²) in [6.45, 7) is 7.78. The minimum Gasteiger partial charge on any atom is -0.380 e. The Morgan fingerprint density at radius 1 is 1.33 bits per heavy atom. The third kappa shape index (κ3) is 1.59. The molecule has 0 bridgehead atoms. The normalized spacial score (nSPS) is 23.8. The Balaban J connectivity index is 2.37. The van der Waals surface area contributed by atoms with Gasteiger partial charge in [0.2, 0.25) is 0 Å². The second-order valence-corrected chi connectivity index (χ2v) is 4.18. The van der Waals surface area contributed by atoms with Gasteiger partial charge in [0.15, 0.2) is 0 Å². The number of rotatable bonds is 3. The van der Waals surface area contributed by atoms with Crippen molar-refractivity contribution in [3.8, 4) is 0 Å². The van der Waals surface area contributed by atoms with Crippen LogP contribution >= 0.6 is 0 Å². The van der Waals surface area contributed by atoms with Crippen molar-refractivity contribution in [3.05, 3.63) is 29.8 Å². The Kier molecular flexibility index (Phi) is 2.61. The Morgan fingerprint density at radius 3 is 2.80 bits per heavy atom. The van der Waals surface area contributed by atoms with Crippen LogP contribution in [-0.4, -0.2) is 18.9 Å². The second-order valence-electron chi connectivity index (χ2n) is 4.18. The molecule has 1 aliphatic heterocycles. The molecule has 0 amide bonds. The molecule has 0 spiro atoms. The molecule has 0 aromatic heterocycles. The van der Waals surface area contributed by atoms with Crippen LogP contribution in [0.25, 0.3) is 0 Å². The van der Waals surface area contributed by atoms with Crippen molar-refractivity contribution in [2.75, 3.05) is 13.2 Å². The molecule has 0 fully saturated rings. The van der Waals surface area contributed by atoms with Crippen LogP contribution in [0, 0.1) is 0 Å². The zero-order chi connectivity index (χ0) is 10.9. The summed E-state index contributed by atoms with van der Waals surface area (Å²) < 4.78 is 5.57. The van der Waals surface area contributed by atoms with Gasteiger partial charge in [-0.3, -0.25) is 4.99 Å². The first-order valence-electron chi connectivity index (χ1n) is 5.41. The van der Waals surface area contributed by atoms with Gasteiger partial charge in [-0.15, -0.1) is 0 Å². The average molecular weight is 203 g/mol. The number of ether oxygens (including phenoxy) is 1. The topological polar surface area (TPSA) is 21.6 Å². The molecule has 2 rings (SSSR count). The van der Waals surface area contributed by atoms with Crippen LogP contribution in [0.5, 0.6) is 0 Å². The van der Waals surface area contributed by atoms with Crippen LogP contribution in [0.4, 0.5) is 5.69 Å². The highest BCUT2D eigenvalue weighted by Gasteiger charge is 2.36. The van der Waals surface area contributed by atoms with Crippen molar-refractivity contribution in [2.24, 2.45) is 4.99 Å². The summed E-state index contributed by atoms with van der Waals surface area (Å²) in [5.74, 6) is 0. The molecule has 0 N–H and O–H groups in total. The molecule has 1 aromatic rings. The number of hydrogen-bond acceptors (Lipinski definition) is 2. The monoisotopic (exact) mass is 203 g/mol. The molecule has 1 heterocycles. The summed E-state index contributed by atoms with van der Waals surface area (Å²) in [4.78, 5) is 4.59. The second kappa shape index (κ2) is 3.78. The van der Waals surface area contributed by atoms with Gasteiger partial charge >= 0.3 is 0 Å². The van der Waals surface area contributed by atoms with E-state index >= 15 is 0 Å². The van der Waals surface area contributed by atoms with E-state index in [1.807, 2.05) is 13.0 Å². The van der Waals surface area contributed by atoms with Crippen molar-refractivity contribution in [3.63, 3.8) is 0 Å². The smallest absolute Gasteiger partial charge is 0.0671 e. The lowest BCUT2D eigenvalue weighted by molar-refractivity contribution is 0.122. The zero-order valence-corrected chi connectivity index (χ0v) is 9.58. The molecular formula is C13H17NO. The summed E-state index contributed by atoms with van der Waals surface area (Å²) in [7, 11) is 0. The van der Waals surface area contributed by atoms with E-state index in [0.29, 0.717) is 0 Å². The van der Waals surface area contributed by atoms with Crippen molar-refractivity contribution >= 4 is 11.4 Å². The third-order valence-corrected chi connectivity index (χ3v) is 3.18. The van der Waals surface area contributed by atoms with E-state index in [-0.39, 0.29) is 5.41 Å². The molecule has 0 aliphatic carbocycles. The minimum absolute atomic E-state index is 0.0351. The van der Waals surface area contributed by atoms with Crippen LogP contribution < -0.4 is 0 Å². The fraction of sp³-hybridized carbons (Fsp3) is 0.462. The number of para-hydroxylation sites is 1. The molecule has 15 heavy (non-hydrogen) atoms. The highest BCUT2D eigenvalue weighted by molar-refractivity contribution is 6.00. The van der Waals surface area contributed by atoms with Gasteiger partial charge in [0.1, 0.15) is 0 Å². The van der Waals surface area contributed by atoms with E-state index in [1.165, 1.54) is 5.56 Å². The van der Waals surface area contributed by atoms with E-state index < -0.39 is 0 Å². The molecule has 1 atom stereocenters. The predicted octanol–water partition coefficient (Wildman–Crippen LogP) is 3.09. The van der Waals surface area contributed by atoms with Gasteiger partial charge in [0, 0.05) is 12.3 Å². The van der Waals surface area contributed by atoms with Crippen LogP contribution in [0.1, 0.15) is 26.3 Å². The van der Waals surface area contributed by atoms with Gasteiger partial charge in [0.25, 0.3) is 0 Å². The predicted molar refractivity (Wildman–Crippen MR) is 63.1 cm³/mol. The first-order valence-corrected chi connectivity index (χ1v) is 5.41. The summed E-state index contributed by atoms with van der Waals surface area (Å²) in [6, 6.07) is 8.31. The highest BCUT2D eigenvalue weighted by atomic mass is 16.5. The fourth-order valence-corrected chi connectivity index (χ4v) is 2.03. The van der Waals surface area contributed by atoms with Crippen LogP contribution in [0.3, 0.4) is 0 Å². The van der Waals surface area contributed by atoms with Crippen LogP contribution in [0.2, 0.25) is 0 Å². The summed E-state index contributed by atoms with van der Waals surface area (Å²) in [5.41, 5.74) is 3.50. The van der Waals surface area contributed by atoms with Gasteiger partial charge < -0.3 is 4.74 Å². The fourth-order valence-electron chi connectivity index (χ4n) is 2.03. The molecule has 1 unspecified atom stereocenters. The molecule has 0 saturated carbocycles. The van der Waals surface area contributed by atoms with Gasteiger partial charge in [-0.2, -0.15) is 0 Å². The molecule has 0 saturated heterocycles. The highest BCUT2D eigenvalue weighted by Crippen LogP contribution is 2.39. The van der Waals surface area contributed by atoms with Crippen molar-refractivity contribution in [1.29, 1.82) is 0 Å². The molecule has 1 aliphatic rings. The largest absolute Gasteiger partial charge is 0.380 e. The lowest BCUT2D eigenvalue weighted by Gasteiger charge is -2.25. The minimum atomic E-state index is -0.0351. The molecule has 2 nitrogen and oxygen atoms in total. The maximum atomic E-state index is 5.57. The van der Waals surface area contributed by atoms with Crippen molar-refractivity contribution < 1.29 is 4.74 Å². The van der Waals surface area contributed by atoms with E-state index in [1.54, 1.807) is 0 Å². The molecule has 80 valence electrons. The summed E-state index contributed by atoms with van der Waals surface area (Å²) in [6.07, 6.45) is 0. The number of benzene rings is 1.